The van der Waals surface area contributed by atoms with Crippen LogP contribution < -0.4 is 0 Å². The average Bonchev–Trinajstić information content (AvgIpc) is 2.78. The minimum absolute atomic E-state index is 0.269. The third-order valence-electron chi connectivity index (χ3n) is 3.12. The molecule has 3 rings (SSSR count). The Balaban J connectivity index is 2.04. The van der Waals surface area contributed by atoms with Crippen molar-refractivity contribution in [1.82, 2.24) is 9.78 Å². The van der Waals surface area contributed by atoms with E-state index in [1.165, 1.54) is 6.07 Å². The number of benzene rings is 2. The monoisotopic (exact) mass is 285 g/mol. The van der Waals surface area contributed by atoms with E-state index in [9.17, 15) is 4.39 Å². The predicted molar refractivity (Wildman–Crippen MR) is 75.0 cm³/mol. The van der Waals surface area contributed by atoms with Crippen molar-refractivity contribution in [3.05, 3.63) is 64.6 Å². The summed E-state index contributed by atoms with van der Waals surface area (Å²) in [6.45, 7) is 0.269. The molecule has 98 valence electrons. The molecule has 20 heavy (non-hydrogen) atoms. The van der Waals surface area contributed by atoms with Crippen LogP contribution in [0.25, 0.3) is 10.9 Å². The van der Waals surface area contributed by atoms with Gasteiger partial charge in [0.2, 0.25) is 0 Å². The molecule has 0 unspecified atom stereocenters. The first-order chi connectivity index (χ1) is 9.69. The molecule has 0 saturated heterocycles. The van der Waals surface area contributed by atoms with E-state index >= 15 is 0 Å². The van der Waals surface area contributed by atoms with E-state index in [1.807, 2.05) is 30.3 Å². The SMILES string of the molecule is N#Cc1ccc(Cn2nc(Cl)c3ccccc32)c(F)c1. The Kier molecular flexibility index (Phi) is 3.13. The molecule has 0 atom stereocenters. The maximum Gasteiger partial charge on any atom is 0.158 e. The molecule has 0 saturated carbocycles. The Morgan fingerprint density at radius 2 is 2.05 bits per heavy atom. The first-order valence-corrected chi connectivity index (χ1v) is 6.36. The predicted octanol–water partition coefficient (Wildman–Crippen LogP) is 3.75. The third kappa shape index (κ3) is 2.13. The van der Waals surface area contributed by atoms with Crippen molar-refractivity contribution in [3.63, 3.8) is 0 Å². The molecule has 1 heterocycles. The Hall–Kier alpha value is -2.38. The number of fused-ring (bicyclic) bond motifs is 1. The molecule has 2 aromatic carbocycles. The van der Waals surface area contributed by atoms with Gasteiger partial charge in [0, 0.05) is 10.9 Å². The van der Waals surface area contributed by atoms with Crippen molar-refractivity contribution in [3.8, 4) is 6.07 Å². The first kappa shape index (κ1) is 12.6. The number of nitriles is 1. The maximum atomic E-state index is 13.9. The first-order valence-electron chi connectivity index (χ1n) is 5.98. The van der Waals surface area contributed by atoms with Crippen LogP contribution in [0, 0.1) is 17.1 Å². The van der Waals surface area contributed by atoms with Gasteiger partial charge in [0.25, 0.3) is 0 Å². The van der Waals surface area contributed by atoms with Crippen LogP contribution in [0.5, 0.6) is 0 Å². The molecule has 0 aliphatic heterocycles. The highest BCUT2D eigenvalue weighted by Gasteiger charge is 2.10. The van der Waals surface area contributed by atoms with Crippen molar-refractivity contribution >= 4 is 22.5 Å². The standard InChI is InChI=1S/C15H9ClFN3/c16-15-12-3-1-2-4-14(12)20(19-15)9-11-6-5-10(8-18)7-13(11)17/h1-7H,9H2. The average molecular weight is 286 g/mol. The van der Waals surface area contributed by atoms with Crippen molar-refractivity contribution < 1.29 is 4.39 Å². The van der Waals surface area contributed by atoms with Gasteiger partial charge >= 0.3 is 0 Å². The van der Waals surface area contributed by atoms with Gasteiger partial charge in [-0.2, -0.15) is 10.4 Å². The Bertz CT molecular complexity index is 833. The van der Waals surface area contributed by atoms with Crippen LogP contribution in [0.2, 0.25) is 5.15 Å². The van der Waals surface area contributed by atoms with Gasteiger partial charge in [-0.15, -0.1) is 0 Å². The summed E-state index contributed by atoms with van der Waals surface area (Å²) in [6, 6.07) is 13.8. The van der Waals surface area contributed by atoms with Gasteiger partial charge in [0.05, 0.1) is 23.7 Å². The molecular weight excluding hydrogens is 277 g/mol. The van der Waals surface area contributed by atoms with Crippen LogP contribution in [0.15, 0.2) is 42.5 Å². The highest BCUT2D eigenvalue weighted by Crippen LogP contribution is 2.23. The highest BCUT2D eigenvalue weighted by molar-refractivity contribution is 6.34. The summed E-state index contributed by atoms with van der Waals surface area (Å²) in [6.07, 6.45) is 0. The van der Waals surface area contributed by atoms with E-state index in [-0.39, 0.29) is 6.54 Å². The second-order valence-electron chi connectivity index (χ2n) is 4.38. The largest absolute Gasteiger partial charge is 0.259 e. The molecule has 0 fully saturated rings. The van der Waals surface area contributed by atoms with Gasteiger partial charge in [0.1, 0.15) is 5.82 Å². The van der Waals surface area contributed by atoms with E-state index in [0.717, 1.165) is 10.9 Å². The second-order valence-corrected chi connectivity index (χ2v) is 4.74. The lowest BCUT2D eigenvalue weighted by atomic mass is 10.1. The van der Waals surface area contributed by atoms with Crippen molar-refractivity contribution in [1.29, 1.82) is 5.26 Å². The quantitative estimate of drug-likeness (QED) is 0.719. The zero-order valence-electron chi connectivity index (χ0n) is 10.3. The lowest BCUT2D eigenvalue weighted by Crippen LogP contribution is -2.03. The van der Waals surface area contributed by atoms with Crippen LogP contribution >= 0.6 is 11.6 Å². The fraction of sp³-hybridized carbons (Fsp3) is 0.0667. The number of halogens is 2. The highest BCUT2D eigenvalue weighted by atomic mass is 35.5. The van der Waals surface area contributed by atoms with E-state index in [1.54, 1.807) is 16.8 Å². The molecule has 0 aliphatic carbocycles. The number of rotatable bonds is 2. The molecule has 0 N–H and O–H groups in total. The summed E-state index contributed by atoms with van der Waals surface area (Å²) in [5.74, 6) is -0.417. The fourth-order valence-corrected chi connectivity index (χ4v) is 2.36. The van der Waals surface area contributed by atoms with Crippen LogP contribution in [0.3, 0.4) is 0 Å². The summed E-state index contributed by atoms with van der Waals surface area (Å²) in [7, 11) is 0. The van der Waals surface area contributed by atoms with Gasteiger partial charge in [-0.05, 0) is 24.3 Å². The number of aromatic nitrogens is 2. The molecular formula is C15H9ClFN3. The second kappa shape index (κ2) is 4.95. The van der Waals surface area contributed by atoms with Crippen molar-refractivity contribution in [2.75, 3.05) is 0 Å². The lowest BCUT2D eigenvalue weighted by Gasteiger charge is -2.05. The molecule has 1 aromatic heterocycles. The summed E-state index contributed by atoms with van der Waals surface area (Å²) >= 11 is 6.06. The van der Waals surface area contributed by atoms with Crippen LogP contribution in [-0.4, -0.2) is 9.78 Å². The minimum Gasteiger partial charge on any atom is -0.259 e. The van der Waals surface area contributed by atoms with E-state index < -0.39 is 5.82 Å². The van der Waals surface area contributed by atoms with Crippen molar-refractivity contribution in [2.24, 2.45) is 0 Å². The minimum atomic E-state index is -0.417. The van der Waals surface area contributed by atoms with Crippen molar-refractivity contribution in [2.45, 2.75) is 6.54 Å². The molecule has 0 radical (unpaired) electrons. The van der Waals surface area contributed by atoms with Gasteiger partial charge in [-0.25, -0.2) is 4.39 Å². The summed E-state index contributed by atoms with van der Waals surface area (Å²) < 4.78 is 15.6. The number of nitrogens with zero attached hydrogens (tertiary/aromatic N) is 3. The fourth-order valence-electron chi connectivity index (χ4n) is 2.11. The molecule has 0 aliphatic rings. The Labute approximate surface area is 119 Å². The summed E-state index contributed by atoms with van der Waals surface area (Å²) in [4.78, 5) is 0. The normalized spacial score (nSPS) is 10.7. The molecule has 0 spiro atoms. The zero-order chi connectivity index (χ0) is 14.1. The Morgan fingerprint density at radius 3 is 2.80 bits per heavy atom. The molecule has 3 aromatic rings. The van der Waals surface area contributed by atoms with E-state index in [0.29, 0.717) is 16.3 Å². The van der Waals surface area contributed by atoms with E-state index in [2.05, 4.69) is 5.10 Å². The van der Waals surface area contributed by atoms with Gasteiger partial charge in [-0.1, -0.05) is 29.8 Å². The smallest absolute Gasteiger partial charge is 0.158 e. The lowest BCUT2D eigenvalue weighted by molar-refractivity contribution is 0.590. The van der Waals surface area contributed by atoms with Gasteiger partial charge in [-0.3, -0.25) is 4.68 Å². The Morgan fingerprint density at radius 1 is 1.25 bits per heavy atom. The topological polar surface area (TPSA) is 41.6 Å². The van der Waals surface area contributed by atoms with Crippen LogP contribution in [0.4, 0.5) is 4.39 Å². The van der Waals surface area contributed by atoms with Gasteiger partial charge in [0.15, 0.2) is 5.15 Å². The molecule has 3 nitrogen and oxygen atoms in total. The summed E-state index contributed by atoms with van der Waals surface area (Å²) in [5.41, 5.74) is 1.62. The number of para-hydroxylation sites is 1. The molecule has 0 bridgehead atoms. The number of hydrogen-bond donors (Lipinski definition) is 0. The summed E-state index contributed by atoms with van der Waals surface area (Å²) in [5, 5.41) is 14.2. The zero-order valence-corrected chi connectivity index (χ0v) is 11.1. The molecule has 5 heteroatoms. The third-order valence-corrected chi connectivity index (χ3v) is 3.39. The van der Waals surface area contributed by atoms with Crippen LogP contribution in [0.1, 0.15) is 11.1 Å². The van der Waals surface area contributed by atoms with Crippen LogP contribution in [-0.2, 0) is 6.54 Å². The van der Waals surface area contributed by atoms with E-state index in [4.69, 9.17) is 16.9 Å². The van der Waals surface area contributed by atoms with Gasteiger partial charge < -0.3 is 0 Å². The molecule has 0 amide bonds. The number of hydrogen-bond acceptors (Lipinski definition) is 2. The maximum absolute atomic E-state index is 13.9.